The van der Waals surface area contributed by atoms with Gasteiger partial charge in [-0.2, -0.15) is 0 Å². The monoisotopic (exact) mass is 582 g/mol. The molecule has 0 fully saturated rings. The van der Waals surface area contributed by atoms with E-state index >= 15 is 0 Å². The topological polar surface area (TPSA) is 36.9 Å². The van der Waals surface area contributed by atoms with Gasteiger partial charge in [-0.1, -0.05) is 53.7 Å². The second-order valence-electron chi connectivity index (χ2n) is 8.91. The van der Waals surface area contributed by atoms with Crippen molar-refractivity contribution >= 4 is 34.4 Å². The SMILES string of the molecule is CC(C)[Si](Sc1cccc2c1OC(F)(F)O2)(C(C)C)C(C)C.FC1(F)Oc2cccc(Br)c2O1. The quantitative estimate of drug-likeness (QED) is 0.259. The minimum absolute atomic E-state index is 0.0440. The van der Waals surface area contributed by atoms with Crippen molar-refractivity contribution in [3.05, 3.63) is 40.9 Å². The summed E-state index contributed by atoms with van der Waals surface area (Å²) < 4.78 is 69.9. The molecule has 2 aromatic carbocycles. The molecular weight excluding hydrogens is 556 g/mol. The lowest BCUT2D eigenvalue weighted by atomic mass is 10.3. The summed E-state index contributed by atoms with van der Waals surface area (Å²) in [5, 5.41) is 0. The van der Waals surface area contributed by atoms with Crippen molar-refractivity contribution in [1.82, 2.24) is 0 Å². The zero-order chi connectivity index (χ0) is 25.5. The highest BCUT2D eigenvalue weighted by Gasteiger charge is 2.48. The molecule has 188 valence electrons. The minimum atomic E-state index is -3.56. The van der Waals surface area contributed by atoms with Gasteiger partial charge in [-0.15, -0.1) is 28.8 Å². The van der Waals surface area contributed by atoms with Gasteiger partial charge in [-0.3, -0.25) is 0 Å². The molecule has 0 saturated carbocycles. The molecular formula is C23H27BrF4O4SSi. The van der Waals surface area contributed by atoms with Gasteiger partial charge in [0.15, 0.2) is 23.0 Å². The number of benzene rings is 2. The fraction of sp³-hybridized carbons (Fsp3) is 0.478. The molecule has 0 saturated heterocycles. The number of ether oxygens (including phenoxy) is 4. The Balaban J connectivity index is 0.000000226. The van der Waals surface area contributed by atoms with Crippen LogP contribution < -0.4 is 18.9 Å². The molecule has 34 heavy (non-hydrogen) atoms. The van der Waals surface area contributed by atoms with E-state index in [2.05, 4.69) is 71.7 Å². The van der Waals surface area contributed by atoms with Gasteiger partial charge < -0.3 is 18.9 Å². The van der Waals surface area contributed by atoms with Crippen LogP contribution >= 0.6 is 27.1 Å². The average Bonchev–Trinajstić information content (AvgIpc) is 3.20. The highest BCUT2D eigenvalue weighted by molar-refractivity contribution is 9.10. The van der Waals surface area contributed by atoms with E-state index < -0.39 is 19.8 Å². The standard InChI is InChI=1S/C16H24F2O2SSi.C7H3BrF2O2/c1-10(2)22(11(3)4,12(5)6)21-14-9-7-8-13-15(14)20-16(17,18)19-13;8-4-2-1-3-5-6(4)12-7(9,10)11-5/h7-12H,1-6H3;1-3H. The van der Waals surface area contributed by atoms with Crippen molar-refractivity contribution in [2.24, 2.45) is 0 Å². The van der Waals surface area contributed by atoms with Crippen LogP contribution in [0, 0.1) is 0 Å². The van der Waals surface area contributed by atoms with Gasteiger partial charge in [-0.25, -0.2) is 0 Å². The summed E-state index contributed by atoms with van der Waals surface area (Å²) >= 11 is 4.83. The number of para-hydroxylation sites is 2. The highest BCUT2D eigenvalue weighted by atomic mass is 79.9. The van der Waals surface area contributed by atoms with Crippen molar-refractivity contribution < 1.29 is 36.5 Å². The first-order valence-electron chi connectivity index (χ1n) is 10.8. The fourth-order valence-electron chi connectivity index (χ4n) is 4.50. The predicted molar refractivity (Wildman–Crippen MR) is 130 cm³/mol. The van der Waals surface area contributed by atoms with Crippen LogP contribution in [0.3, 0.4) is 0 Å². The Bertz CT molecular complexity index is 1010. The molecule has 0 N–H and O–H groups in total. The molecule has 0 radical (unpaired) electrons. The molecule has 2 aromatic rings. The van der Waals surface area contributed by atoms with Crippen LogP contribution in [0.15, 0.2) is 45.8 Å². The molecule has 2 aliphatic rings. The van der Waals surface area contributed by atoms with E-state index in [9.17, 15) is 17.6 Å². The van der Waals surface area contributed by atoms with Crippen molar-refractivity contribution in [3.8, 4) is 23.0 Å². The second-order valence-corrected chi connectivity index (χ2v) is 18.3. The number of hydrogen-bond donors (Lipinski definition) is 0. The smallest absolute Gasteiger partial charge is 0.395 e. The van der Waals surface area contributed by atoms with E-state index in [-0.39, 0.29) is 23.0 Å². The Morgan fingerprint density at radius 2 is 1.15 bits per heavy atom. The molecule has 0 atom stereocenters. The van der Waals surface area contributed by atoms with Gasteiger partial charge in [0.05, 0.1) is 4.47 Å². The van der Waals surface area contributed by atoms with Gasteiger partial charge in [-0.05, 0) is 56.8 Å². The van der Waals surface area contributed by atoms with Crippen LogP contribution in [-0.2, 0) is 0 Å². The summed E-state index contributed by atoms with van der Waals surface area (Å²) in [5.41, 5.74) is 1.57. The minimum Gasteiger partial charge on any atom is -0.395 e. The van der Waals surface area contributed by atoms with Crippen LogP contribution in [0.2, 0.25) is 16.6 Å². The lowest BCUT2D eigenvalue weighted by Gasteiger charge is -2.42. The average molecular weight is 584 g/mol. The van der Waals surface area contributed by atoms with E-state index in [4.69, 9.17) is 4.74 Å². The lowest BCUT2D eigenvalue weighted by Crippen LogP contribution is -2.41. The predicted octanol–water partition coefficient (Wildman–Crippen LogP) is 9.05. The highest BCUT2D eigenvalue weighted by Crippen LogP contribution is 2.56. The van der Waals surface area contributed by atoms with Gasteiger partial charge in [0.2, 0.25) is 0 Å². The van der Waals surface area contributed by atoms with E-state index in [0.717, 1.165) is 4.90 Å². The number of fused-ring (bicyclic) bond motifs is 2. The normalized spacial score (nSPS) is 17.2. The maximum atomic E-state index is 13.4. The Morgan fingerprint density at radius 1 is 0.706 bits per heavy atom. The molecule has 2 aliphatic heterocycles. The van der Waals surface area contributed by atoms with E-state index in [1.54, 1.807) is 29.4 Å². The van der Waals surface area contributed by atoms with Gasteiger partial charge >= 0.3 is 12.6 Å². The number of alkyl halides is 4. The first-order chi connectivity index (χ1) is 15.7. The molecule has 2 heterocycles. The summed E-state index contributed by atoms with van der Waals surface area (Å²) in [5.74, 6) is 0.419. The molecule has 0 bridgehead atoms. The summed E-state index contributed by atoms with van der Waals surface area (Å²) in [6, 6.07) is 9.76. The molecule has 11 heteroatoms. The first-order valence-corrected chi connectivity index (χ1v) is 15.4. The maximum absolute atomic E-state index is 13.4. The summed E-state index contributed by atoms with van der Waals surface area (Å²) in [6.07, 6.45) is -7.09. The number of halogens is 5. The third-order valence-corrected chi connectivity index (χ3v) is 18.7. The molecule has 0 amide bonds. The Hall–Kier alpha value is -1.59. The maximum Gasteiger partial charge on any atom is 0.586 e. The summed E-state index contributed by atoms with van der Waals surface area (Å²) in [6.45, 7) is 13.5. The Labute approximate surface area is 210 Å². The van der Waals surface area contributed by atoms with Crippen molar-refractivity contribution in [3.63, 3.8) is 0 Å². The molecule has 0 unspecified atom stereocenters. The molecule has 0 aromatic heterocycles. The Kier molecular flexibility index (Phi) is 7.79. The summed E-state index contributed by atoms with van der Waals surface area (Å²) in [7, 11) is -1.82. The van der Waals surface area contributed by atoms with Crippen molar-refractivity contribution in [2.75, 3.05) is 0 Å². The van der Waals surface area contributed by atoms with Crippen LogP contribution in [0.5, 0.6) is 23.0 Å². The van der Waals surface area contributed by atoms with E-state index in [1.807, 2.05) is 6.07 Å². The molecule has 4 nitrogen and oxygen atoms in total. The zero-order valence-electron chi connectivity index (χ0n) is 19.6. The van der Waals surface area contributed by atoms with E-state index in [0.29, 0.717) is 21.1 Å². The van der Waals surface area contributed by atoms with Crippen molar-refractivity contribution in [2.45, 2.75) is 75.7 Å². The third kappa shape index (κ3) is 5.46. The van der Waals surface area contributed by atoms with Crippen molar-refractivity contribution in [1.29, 1.82) is 0 Å². The van der Waals surface area contributed by atoms with Gasteiger partial charge in [0, 0.05) is 4.90 Å². The largest absolute Gasteiger partial charge is 0.586 e. The lowest BCUT2D eigenvalue weighted by molar-refractivity contribution is -0.288. The third-order valence-electron chi connectivity index (χ3n) is 5.77. The molecule has 4 rings (SSSR count). The van der Waals surface area contributed by atoms with E-state index in [1.165, 1.54) is 12.1 Å². The number of hydrogen-bond acceptors (Lipinski definition) is 5. The van der Waals surface area contributed by atoms with Gasteiger partial charge in [0.25, 0.3) is 0 Å². The number of rotatable bonds is 5. The molecule has 0 spiro atoms. The molecule has 0 aliphatic carbocycles. The fourth-order valence-corrected chi connectivity index (χ4v) is 14.1. The zero-order valence-corrected chi connectivity index (χ0v) is 23.0. The Morgan fingerprint density at radius 3 is 1.62 bits per heavy atom. The first kappa shape index (κ1) is 27.0. The summed E-state index contributed by atoms with van der Waals surface area (Å²) in [4.78, 5) is 0.775. The van der Waals surface area contributed by atoms with Gasteiger partial charge in [0.1, 0.15) is 7.22 Å². The van der Waals surface area contributed by atoms with Crippen LogP contribution in [-0.4, -0.2) is 19.8 Å². The van der Waals surface area contributed by atoms with Crippen LogP contribution in [0.25, 0.3) is 0 Å². The van der Waals surface area contributed by atoms with Crippen LogP contribution in [0.4, 0.5) is 17.6 Å². The van der Waals surface area contributed by atoms with Crippen LogP contribution in [0.1, 0.15) is 41.5 Å². The second kappa shape index (κ2) is 9.81.